The van der Waals surface area contributed by atoms with Crippen molar-refractivity contribution in [2.24, 2.45) is 11.8 Å². The molecule has 1 rings (SSSR count). The Hall–Kier alpha value is -0.0800. The largest absolute Gasteiger partial charge is 0.320 e. The minimum absolute atomic E-state index is 0.839. The normalized spacial score (nSPS) is 26.6. The molecule has 0 aliphatic heterocycles. The standard InChI is InChI=1S/C14H30N2/c1-12(2)13-8-5-6-9-14(13)16(4)11-7-10-15-3/h12-15H,5-11H2,1-4H3. The Morgan fingerprint density at radius 1 is 1.25 bits per heavy atom. The molecule has 1 saturated carbocycles. The first kappa shape index (κ1) is 14.0. The van der Waals surface area contributed by atoms with E-state index in [1.165, 1.54) is 38.6 Å². The number of hydrogen-bond acceptors (Lipinski definition) is 2. The van der Waals surface area contributed by atoms with Crippen LogP contribution in [0.25, 0.3) is 0 Å². The molecule has 0 bridgehead atoms. The highest BCUT2D eigenvalue weighted by Gasteiger charge is 2.29. The molecule has 0 saturated heterocycles. The molecule has 0 radical (unpaired) electrons. The predicted octanol–water partition coefficient (Wildman–Crippen LogP) is 2.74. The molecule has 2 nitrogen and oxygen atoms in total. The third-order valence-corrected chi connectivity index (χ3v) is 4.14. The van der Waals surface area contributed by atoms with Gasteiger partial charge in [0.05, 0.1) is 0 Å². The molecule has 2 heteroatoms. The quantitative estimate of drug-likeness (QED) is 0.701. The van der Waals surface area contributed by atoms with Crippen molar-refractivity contribution in [3.8, 4) is 0 Å². The number of hydrogen-bond donors (Lipinski definition) is 1. The Morgan fingerprint density at radius 2 is 1.94 bits per heavy atom. The summed E-state index contributed by atoms with van der Waals surface area (Å²) in [6.45, 7) is 7.17. The lowest BCUT2D eigenvalue weighted by Gasteiger charge is -2.40. The first-order valence-electron chi connectivity index (χ1n) is 7.01. The summed E-state index contributed by atoms with van der Waals surface area (Å²) in [5.74, 6) is 1.77. The zero-order valence-corrected chi connectivity index (χ0v) is 11.6. The summed E-state index contributed by atoms with van der Waals surface area (Å²) in [5, 5.41) is 3.23. The maximum Gasteiger partial charge on any atom is 0.0123 e. The van der Waals surface area contributed by atoms with Crippen LogP contribution in [0.5, 0.6) is 0 Å². The summed E-state index contributed by atoms with van der Waals surface area (Å²) in [7, 11) is 4.36. The summed E-state index contributed by atoms with van der Waals surface area (Å²) < 4.78 is 0. The van der Waals surface area contributed by atoms with Crippen LogP contribution in [-0.2, 0) is 0 Å². The maximum absolute atomic E-state index is 3.23. The van der Waals surface area contributed by atoms with E-state index in [2.05, 4.69) is 31.1 Å². The van der Waals surface area contributed by atoms with Crippen molar-refractivity contribution >= 4 is 0 Å². The van der Waals surface area contributed by atoms with Crippen LogP contribution in [-0.4, -0.2) is 38.1 Å². The van der Waals surface area contributed by atoms with E-state index in [1.807, 2.05) is 7.05 Å². The van der Waals surface area contributed by atoms with Gasteiger partial charge in [0.1, 0.15) is 0 Å². The highest BCUT2D eigenvalue weighted by Crippen LogP contribution is 2.32. The van der Waals surface area contributed by atoms with Crippen LogP contribution < -0.4 is 5.32 Å². The molecule has 0 amide bonds. The van der Waals surface area contributed by atoms with Gasteiger partial charge in [-0.2, -0.15) is 0 Å². The van der Waals surface area contributed by atoms with Crippen molar-refractivity contribution in [3.63, 3.8) is 0 Å². The predicted molar refractivity (Wildman–Crippen MR) is 71.8 cm³/mol. The van der Waals surface area contributed by atoms with Crippen molar-refractivity contribution in [1.82, 2.24) is 10.2 Å². The average Bonchev–Trinajstić information content (AvgIpc) is 2.29. The van der Waals surface area contributed by atoms with Gasteiger partial charge in [0.15, 0.2) is 0 Å². The van der Waals surface area contributed by atoms with Gasteiger partial charge in [-0.15, -0.1) is 0 Å². The van der Waals surface area contributed by atoms with Crippen LogP contribution in [0.4, 0.5) is 0 Å². The monoisotopic (exact) mass is 226 g/mol. The Balaban J connectivity index is 2.40. The van der Waals surface area contributed by atoms with Gasteiger partial charge in [-0.3, -0.25) is 0 Å². The Labute approximate surface area is 102 Å². The number of nitrogens with one attached hydrogen (secondary N) is 1. The fourth-order valence-corrected chi connectivity index (χ4v) is 3.14. The van der Waals surface area contributed by atoms with Gasteiger partial charge < -0.3 is 10.2 Å². The van der Waals surface area contributed by atoms with Gasteiger partial charge in [-0.25, -0.2) is 0 Å². The first-order chi connectivity index (χ1) is 7.66. The molecule has 0 aromatic carbocycles. The van der Waals surface area contributed by atoms with E-state index in [0.29, 0.717) is 0 Å². The van der Waals surface area contributed by atoms with E-state index < -0.39 is 0 Å². The summed E-state index contributed by atoms with van der Waals surface area (Å²) in [4.78, 5) is 2.61. The van der Waals surface area contributed by atoms with Crippen LogP contribution in [0.1, 0.15) is 46.0 Å². The van der Waals surface area contributed by atoms with E-state index in [9.17, 15) is 0 Å². The molecule has 0 spiro atoms. The zero-order chi connectivity index (χ0) is 12.0. The highest BCUT2D eigenvalue weighted by molar-refractivity contribution is 4.83. The van der Waals surface area contributed by atoms with Gasteiger partial charge in [0.25, 0.3) is 0 Å². The van der Waals surface area contributed by atoms with E-state index >= 15 is 0 Å². The second kappa shape index (κ2) is 7.29. The van der Waals surface area contributed by atoms with Crippen LogP contribution in [0.2, 0.25) is 0 Å². The average molecular weight is 226 g/mol. The molecule has 1 N–H and O–H groups in total. The van der Waals surface area contributed by atoms with Crippen molar-refractivity contribution in [2.45, 2.75) is 52.0 Å². The molecule has 1 aliphatic rings. The molecule has 0 aromatic rings. The van der Waals surface area contributed by atoms with Crippen LogP contribution in [0, 0.1) is 11.8 Å². The minimum Gasteiger partial charge on any atom is -0.320 e. The van der Waals surface area contributed by atoms with Crippen LogP contribution >= 0.6 is 0 Å². The fourth-order valence-electron chi connectivity index (χ4n) is 3.14. The lowest BCUT2D eigenvalue weighted by Crippen LogP contribution is -2.43. The lowest BCUT2D eigenvalue weighted by molar-refractivity contribution is 0.0993. The molecule has 96 valence electrons. The second-order valence-corrected chi connectivity index (χ2v) is 5.70. The Kier molecular flexibility index (Phi) is 6.37. The lowest BCUT2D eigenvalue weighted by atomic mass is 9.77. The van der Waals surface area contributed by atoms with Crippen molar-refractivity contribution in [1.29, 1.82) is 0 Å². The first-order valence-corrected chi connectivity index (χ1v) is 7.01. The van der Waals surface area contributed by atoms with Gasteiger partial charge in [0, 0.05) is 6.04 Å². The topological polar surface area (TPSA) is 15.3 Å². The third kappa shape index (κ3) is 4.06. The van der Waals surface area contributed by atoms with E-state index in [1.54, 1.807) is 0 Å². The summed E-state index contributed by atoms with van der Waals surface area (Å²) in [5.41, 5.74) is 0. The summed E-state index contributed by atoms with van der Waals surface area (Å²) in [6, 6.07) is 0.839. The Morgan fingerprint density at radius 3 is 2.56 bits per heavy atom. The second-order valence-electron chi connectivity index (χ2n) is 5.70. The van der Waals surface area contributed by atoms with E-state index in [0.717, 1.165) is 24.4 Å². The van der Waals surface area contributed by atoms with Gasteiger partial charge in [-0.05, 0) is 58.3 Å². The summed E-state index contributed by atoms with van der Waals surface area (Å²) in [6.07, 6.45) is 7.01. The van der Waals surface area contributed by atoms with Crippen LogP contribution in [0.15, 0.2) is 0 Å². The molecule has 1 aliphatic carbocycles. The van der Waals surface area contributed by atoms with Gasteiger partial charge in [0.2, 0.25) is 0 Å². The Bertz CT molecular complexity index is 180. The van der Waals surface area contributed by atoms with Crippen molar-refractivity contribution in [2.75, 3.05) is 27.2 Å². The molecule has 0 heterocycles. The molecular weight excluding hydrogens is 196 g/mol. The third-order valence-electron chi connectivity index (χ3n) is 4.14. The SMILES string of the molecule is CNCCCN(C)C1CCCCC1C(C)C. The van der Waals surface area contributed by atoms with Gasteiger partial charge >= 0.3 is 0 Å². The van der Waals surface area contributed by atoms with Crippen LogP contribution in [0.3, 0.4) is 0 Å². The molecule has 16 heavy (non-hydrogen) atoms. The highest BCUT2D eigenvalue weighted by atomic mass is 15.1. The minimum atomic E-state index is 0.839. The summed E-state index contributed by atoms with van der Waals surface area (Å²) >= 11 is 0. The molecule has 1 fully saturated rings. The molecule has 2 unspecified atom stereocenters. The number of rotatable bonds is 6. The van der Waals surface area contributed by atoms with E-state index in [4.69, 9.17) is 0 Å². The molecule has 0 aromatic heterocycles. The van der Waals surface area contributed by atoms with Gasteiger partial charge in [-0.1, -0.05) is 26.7 Å². The maximum atomic E-state index is 3.23. The molecule has 2 atom stereocenters. The number of nitrogens with zero attached hydrogens (tertiary/aromatic N) is 1. The molecular formula is C14H30N2. The van der Waals surface area contributed by atoms with Crippen molar-refractivity contribution in [3.05, 3.63) is 0 Å². The smallest absolute Gasteiger partial charge is 0.0123 e. The zero-order valence-electron chi connectivity index (χ0n) is 11.6. The van der Waals surface area contributed by atoms with E-state index in [-0.39, 0.29) is 0 Å². The van der Waals surface area contributed by atoms with Crippen molar-refractivity contribution < 1.29 is 0 Å². The fraction of sp³-hybridized carbons (Fsp3) is 1.00.